The lowest BCUT2D eigenvalue weighted by Crippen LogP contribution is -1.99. The zero-order valence-electron chi connectivity index (χ0n) is 5.89. The molecule has 0 bridgehead atoms. The molecule has 0 saturated carbocycles. The number of ketones is 1. The van der Waals surface area contributed by atoms with E-state index in [9.17, 15) is 4.79 Å². The lowest BCUT2D eigenvalue weighted by atomic mass is 10.3. The molecule has 0 atom stereocenters. The predicted octanol–water partition coefficient (Wildman–Crippen LogP) is 1.99. The summed E-state index contributed by atoms with van der Waals surface area (Å²) in [6, 6.07) is 1.81. The van der Waals surface area contributed by atoms with Crippen LogP contribution >= 0.6 is 15.9 Å². The van der Waals surface area contributed by atoms with Crippen LogP contribution in [0, 0.1) is 0 Å². The molecule has 0 fully saturated rings. The number of Topliss-reactive ketones (excluding diaryl/α,β-unsaturated/α-hetero) is 1. The summed E-state index contributed by atoms with van der Waals surface area (Å²) in [7, 11) is 1.85. The van der Waals surface area contributed by atoms with Gasteiger partial charge < -0.3 is 4.57 Å². The topological polar surface area (TPSA) is 22.0 Å². The molecule has 0 aliphatic rings. The average molecular weight is 202 g/mol. The van der Waals surface area contributed by atoms with E-state index in [0.717, 1.165) is 10.2 Å². The number of carbonyl (C=O) groups excluding carboxylic acids is 1. The van der Waals surface area contributed by atoms with Crippen molar-refractivity contribution in [1.82, 2.24) is 4.57 Å². The Bertz CT molecular complexity index is 265. The molecule has 0 aliphatic heterocycles. The molecule has 10 heavy (non-hydrogen) atoms. The summed E-state index contributed by atoms with van der Waals surface area (Å²) in [5, 5.41) is 0. The molecule has 0 spiro atoms. The van der Waals surface area contributed by atoms with Gasteiger partial charge >= 0.3 is 0 Å². The maximum atomic E-state index is 10.8. The van der Waals surface area contributed by atoms with Crippen LogP contribution in [0.5, 0.6) is 0 Å². The SMILES string of the molecule is CC(=O)c1cc(Br)cn1C. The van der Waals surface area contributed by atoms with Crippen molar-refractivity contribution >= 4 is 21.7 Å². The van der Waals surface area contributed by atoms with Gasteiger partial charge in [-0.3, -0.25) is 4.79 Å². The van der Waals surface area contributed by atoms with Gasteiger partial charge in [-0.2, -0.15) is 0 Å². The number of hydrogen-bond acceptors (Lipinski definition) is 1. The first-order valence-corrected chi connectivity index (χ1v) is 3.73. The maximum absolute atomic E-state index is 10.8. The second-order valence-corrected chi connectivity index (χ2v) is 3.13. The quantitative estimate of drug-likeness (QED) is 0.638. The lowest BCUT2D eigenvalue weighted by Gasteiger charge is -1.94. The highest BCUT2D eigenvalue weighted by atomic mass is 79.9. The molecular weight excluding hydrogens is 194 g/mol. The minimum atomic E-state index is 0.0909. The van der Waals surface area contributed by atoms with Crippen LogP contribution in [0.15, 0.2) is 16.7 Å². The zero-order chi connectivity index (χ0) is 7.72. The average Bonchev–Trinajstić information content (AvgIpc) is 2.10. The molecule has 0 aromatic carbocycles. The van der Waals surface area contributed by atoms with Gasteiger partial charge in [-0.25, -0.2) is 0 Å². The van der Waals surface area contributed by atoms with Crippen molar-refractivity contribution in [2.45, 2.75) is 6.92 Å². The molecule has 3 heteroatoms. The summed E-state index contributed by atoms with van der Waals surface area (Å²) in [5.41, 5.74) is 0.729. The highest BCUT2D eigenvalue weighted by Crippen LogP contribution is 2.13. The second kappa shape index (κ2) is 2.58. The van der Waals surface area contributed by atoms with Gasteiger partial charge in [0.15, 0.2) is 5.78 Å². The number of aryl methyl sites for hydroxylation is 1. The zero-order valence-corrected chi connectivity index (χ0v) is 7.47. The minimum Gasteiger partial charge on any atom is -0.347 e. The van der Waals surface area contributed by atoms with Crippen LogP contribution in [0.25, 0.3) is 0 Å². The van der Waals surface area contributed by atoms with Crippen molar-refractivity contribution in [2.75, 3.05) is 0 Å². The van der Waals surface area contributed by atoms with Crippen molar-refractivity contribution < 1.29 is 4.79 Å². The van der Waals surface area contributed by atoms with Crippen LogP contribution in [0.4, 0.5) is 0 Å². The fourth-order valence-corrected chi connectivity index (χ4v) is 1.40. The van der Waals surface area contributed by atoms with Gasteiger partial charge in [0.25, 0.3) is 0 Å². The molecule has 1 rings (SSSR count). The van der Waals surface area contributed by atoms with Crippen LogP contribution < -0.4 is 0 Å². The second-order valence-electron chi connectivity index (χ2n) is 2.21. The highest BCUT2D eigenvalue weighted by molar-refractivity contribution is 9.10. The van der Waals surface area contributed by atoms with E-state index < -0.39 is 0 Å². The Kier molecular flexibility index (Phi) is 1.94. The number of aromatic nitrogens is 1. The Labute approximate surface area is 68.0 Å². The molecule has 0 aliphatic carbocycles. The van der Waals surface area contributed by atoms with E-state index >= 15 is 0 Å². The van der Waals surface area contributed by atoms with Crippen molar-refractivity contribution in [3.05, 3.63) is 22.4 Å². The Balaban J connectivity index is 3.15. The number of hydrogen-bond donors (Lipinski definition) is 0. The third-order valence-electron chi connectivity index (χ3n) is 1.33. The number of carbonyl (C=O) groups is 1. The maximum Gasteiger partial charge on any atom is 0.176 e. The molecule has 1 aromatic rings. The van der Waals surface area contributed by atoms with Gasteiger partial charge in [0.2, 0.25) is 0 Å². The van der Waals surface area contributed by atoms with Crippen molar-refractivity contribution in [3.8, 4) is 0 Å². The summed E-state index contributed by atoms with van der Waals surface area (Å²) in [6.45, 7) is 1.56. The first-order valence-electron chi connectivity index (χ1n) is 2.94. The summed E-state index contributed by atoms with van der Waals surface area (Å²) in [5.74, 6) is 0.0909. The molecule has 2 nitrogen and oxygen atoms in total. The third kappa shape index (κ3) is 1.29. The van der Waals surface area contributed by atoms with Crippen molar-refractivity contribution in [1.29, 1.82) is 0 Å². The van der Waals surface area contributed by atoms with E-state index in [0.29, 0.717) is 0 Å². The lowest BCUT2D eigenvalue weighted by molar-refractivity contribution is 0.101. The number of nitrogens with zero attached hydrogens (tertiary/aromatic N) is 1. The highest BCUT2D eigenvalue weighted by Gasteiger charge is 2.04. The molecular formula is C7H8BrNO. The molecule has 1 heterocycles. The van der Waals surface area contributed by atoms with Crippen LogP contribution in [0.1, 0.15) is 17.4 Å². The Morgan fingerprint density at radius 2 is 2.30 bits per heavy atom. The largest absolute Gasteiger partial charge is 0.347 e. The molecule has 54 valence electrons. The minimum absolute atomic E-state index is 0.0909. The van der Waals surface area contributed by atoms with E-state index in [1.807, 2.05) is 19.3 Å². The van der Waals surface area contributed by atoms with Gasteiger partial charge in [0, 0.05) is 24.6 Å². The number of rotatable bonds is 1. The summed E-state index contributed by atoms with van der Waals surface area (Å²) >= 11 is 3.28. The first-order chi connectivity index (χ1) is 4.61. The van der Waals surface area contributed by atoms with Gasteiger partial charge in [-0.1, -0.05) is 0 Å². The molecule has 0 N–H and O–H groups in total. The fourth-order valence-electron chi connectivity index (χ4n) is 0.874. The molecule has 0 amide bonds. The van der Waals surface area contributed by atoms with Crippen molar-refractivity contribution in [2.24, 2.45) is 7.05 Å². The summed E-state index contributed by atoms with van der Waals surface area (Å²) < 4.78 is 2.74. The van der Waals surface area contributed by atoms with Gasteiger partial charge in [0.05, 0.1) is 5.69 Å². The van der Waals surface area contributed by atoms with Gasteiger partial charge in [-0.05, 0) is 22.0 Å². The molecule has 0 radical (unpaired) electrons. The predicted molar refractivity (Wildman–Crippen MR) is 43.1 cm³/mol. The monoisotopic (exact) mass is 201 g/mol. The Morgan fingerprint density at radius 3 is 2.50 bits per heavy atom. The van der Waals surface area contributed by atoms with Crippen LogP contribution in [-0.4, -0.2) is 10.4 Å². The fraction of sp³-hybridized carbons (Fsp3) is 0.286. The van der Waals surface area contributed by atoms with E-state index in [-0.39, 0.29) is 5.78 Å². The van der Waals surface area contributed by atoms with Gasteiger partial charge in [0.1, 0.15) is 0 Å². The third-order valence-corrected chi connectivity index (χ3v) is 1.77. The normalized spacial score (nSPS) is 9.90. The van der Waals surface area contributed by atoms with Crippen LogP contribution in [-0.2, 0) is 7.05 Å². The van der Waals surface area contributed by atoms with Crippen molar-refractivity contribution in [3.63, 3.8) is 0 Å². The summed E-state index contributed by atoms with van der Waals surface area (Å²) in [6.07, 6.45) is 1.86. The molecule has 0 saturated heterocycles. The Morgan fingerprint density at radius 1 is 1.70 bits per heavy atom. The smallest absolute Gasteiger partial charge is 0.176 e. The van der Waals surface area contributed by atoms with E-state index in [2.05, 4.69) is 15.9 Å². The standard InChI is InChI=1S/C7H8BrNO/c1-5(10)7-3-6(8)4-9(7)2/h3-4H,1-2H3. The van der Waals surface area contributed by atoms with E-state index in [4.69, 9.17) is 0 Å². The molecule has 1 aromatic heterocycles. The summed E-state index contributed by atoms with van der Waals surface area (Å²) in [4.78, 5) is 10.8. The van der Waals surface area contributed by atoms with Crippen LogP contribution in [0.3, 0.4) is 0 Å². The van der Waals surface area contributed by atoms with E-state index in [1.165, 1.54) is 0 Å². The van der Waals surface area contributed by atoms with Crippen LogP contribution in [0.2, 0.25) is 0 Å². The molecule has 0 unspecified atom stereocenters. The first kappa shape index (κ1) is 7.54. The van der Waals surface area contributed by atoms with E-state index in [1.54, 1.807) is 11.5 Å². The number of halogens is 1. The van der Waals surface area contributed by atoms with Gasteiger partial charge in [-0.15, -0.1) is 0 Å². The Hall–Kier alpha value is -0.570.